The number of benzene rings is 3. The summed E-state index contributed by atoms with van der Waals surface area (Å²) >= 11 is 0. The highest BCUT2D eigenvalue weighted by Crippen LogP contribution is 2.23. The Hall–Kier alpha value is -3.93. The summed E-state index contributed by atoms with van der Waals surface area (Å²) < 4.78 is 5.26. The fourth-order valence-corrected chi connectivity index (χ4v) is 3.42. The summed E-state index contributed by atoms with van der Waals surface area (Å²) in [7, 11) is 0. The molecule has 3 aromatic carbocycles. The molecule has 0 atom stereocenters. The van der Waals surface area contributed by atoms with E-state index in [0.29, 0.717) is 27.7 Å². The maximum absolute atomic E-state index is 12.8. The van der Waals surface area contributed by atoms with Crippen molar-refractivity contribution in [3.8, 4) is 11.1 Å². The summed E-state index contributed by atoms with van der Waals surface area (Å²) in [5, 5.41) is 6.30. The molecule has 0 aliphatic rings. The van der Waals surface area contributed by atoms with Crippen molar-refractivity contribution in [2.45, 2.75) is 26.8 Å². The van der Waals surface area contributed by atoms with Crippen LogP contribution in [-0.4, -0.2) is 16.9 Å². The number of anilines is 2. The highest BCUT2D eigenvalue weighted by Gasteiger charge is 2.13. The first-order valence-corrected chi connectivity index (χ1v) is 10.1. The minimum Gasteiger partial charge on any atom is -0.389 e. The molecular formula is C25H23N3O3. The van der Waals surface area contributed by atoms with E-state index in [1.165, 1.54) is 0 Å². The molecule has 0 fully saturated rings. The average molecular weight is 413 g/mol. The van der Waals surface area contributed by atoms with Crippen molar-refractivity contribution in [3.05, 3.63) is 88.3 Å². The molecule has 6 nitrogen and oxygen atoms in total. The Morgan fingerprint density at radius 2 is 1.65 bits per heavy atom. The Kier molecular flexibility index (Phi) is 5.54. The number of hydrogen-bond acceptors (Lipinski definition) is 5. The summed E-state index contributed by atoms with van der Waals surface area (Å²) in [6, 6.07) is 21.1. The van der Waals surface area contributed by atoms with Crippen molar-refractivity contribution in [3.63, 3.8) is 0 Å². The first-order chi connectivity index (χ1) is 14.9. The number of carbonyl (C=O) groups is 1. The average Bonchev–Trinajstić information content (AvgIpc) is 2.73. The van der Waals surface area contributed by atoms with Crippen molar-refractivity contribution in [1.29, 1.82) is 0 Å². The molecule has 4 rings (SSSR count). The molecule has 156 valence electrons. The number of fused-ring (bicyclic) bond motifs is 1. The lowest BCUT2D eigenvalue weighted by Gasteiger charge is -2.11. The third kappa shape index (κ3) is 4.48. The van der Waals surface area contributed by atoms with E-state index in [9.17, 15) is 9.59 Å². The van der Waals surface area contributed by atoms with Crippen LogP contribution in [0.4, 0.5) is 11.7 Å². The van der Waals surface area contributed by atoms with Gasteiger partial charge in [-0.25, -0.2) is 4.79 Å². The largest absolute Gasteiger partial charge is 0.389 e. The Balaban J connectivity index is 1.60. The molecule has 0 aliphatic heterocycles. The van der Waals surface area contributed by atoms with E-state index >= 15 is 0 Å². The predicted octanol–water partition coefficient (Wildman–Crippen LogP) is 5.24. The number of nitrogens with one attached hydrogen (secondary N) is 2. The quantitative estimate of drug-likeness (QED) is 0.468. The van der Waals surface area contributed by atoms with Crippen LogP contribution in [0.5, 0.6) is 0 Å². The van der Waals surface area contributed by atoms with Gasteiger partial charge in [0.05, 0.1) is 10.9 Å². The van der Waals surface area contributed by atoms with Gasteiger partial charge in [0.1, 0.15) is 0 Å². The first kappa shape index (κ1) is 20.3. The first-order valence-electron chi connectivity index (χ1n) is 10.1. The summed E-state index contributed by atoms with van der Waals surface area (Å²) in [5.74, 6) is -0.234. The normalized spacial score (nSPS) is 11.0. The summed E-state index contributed by atoms with van der Waals surface area (Å²) in [5.41, 5.74) is 3.93. The molecule has 4 aromatic rings. The van der Waals surface area contributed by atoms with Gasteiger partial charge >= 0.3 is 5.63 Å². The molecule has 0 aliphatic carbocycles. The topological polar surface area (TPSA) is 84.2 Å². The SMILES string of the molecule is Cc1cc(NC(=O)c2ccc(-c3ccccc3)cc2)cc2nc(NC(C)C)oc(=O)c12. The van der Waals surface area contributed by atoms with E-state index < -0.39 is 5.63 Å². The lowest BCUT2D eigenvalue weighted by atomic mass is 10.0. The van der Waals surface area contributed by atoms with Crippen LogP contribution >= 0.6 is 0 Å². The molecule has 0 saturated heterocycles. The molecule has 0 spiro atoms. The summed E-state index contributed by atoms with van der Waals surface area (Å²) in [4.78, 5) is 29.5. The molecular weight excluding hydrogens is 390 g/mol. The van der Waals surface area contributed by atoms with E-state index in [0.717, 1.165) is 11.1 Å². The van der Waals surface area contributed by atoms with Crippen LogP contribution in [0, 0.1) is 6.92 Å². The second-order valence-corrected chi connectivity index (χ2v) is 7.69. The van der Waals surface area contributed by atoms with Gasteiger partial charge in [-0.15, -0.1) is 0 Å². The minimum atomic E-state index is -0.458. The lowest BCUT2D eigenvalue weighted by Crippen LogP contribution is -2.15. The number of hydrogen-bond donors (Lipinski definition) is 2. The van der Waals surface area contributed by atoms with Gasteiger partial charge in [-0.2, -0.15) is 4.98 Å². The molecule has 0 radical (unpaired) electrons. The highest BCUT2D eigenvalue weighted by molar-refractivity contribution is 6.05. The van der Waals surface area contributed by atoms with Crippen LogP contribution < -0.4 is 16.3 Å². The lowest BCUT2D eigenvalue weighted by molar-refractivity contribution is 0.102. The van der Waals surface area contributed by atoms with Gasteiger partial charge in [-0.1, -0.05) is 42.5 Å². The second kappa shape index (κ2) is 8.44. The fraction of sp³-hybridized carbons (Fsp3) is 0.160. The Morgan fingerprint density at radius 1 is 0.968 bits per heavy atom. The maximum atomic E-state index is 12.8. The Morgan fingerprint density at radius 3 is 2.32 bits per heavy atom. The minimum absolute atomic E-state index is 0.0657. The van der Waals surface area contributed by atoms with Gasteiger partial charge in [0.2, 0.25) is 0 Å². The van der Waals surface area contributed by atoms with E-state index in [1.54, 1.807) is 31.2 Å². The highest BCUT2D eigenvalue weighted by atomic mass is 16.4. The number of carbonyl (C=O) groups excluding carboxylic acids is 1. The van der Waals surface area contributed by atoms with Crippen molar-refractivity contribution in [2.75, 3.05) is 10.6 Å². The van der Waals surface area contributed by atoms with Crippen LogP contribution in [0.1, 0.15) is 29.8 Å². The second-order valence-electron chi connectivity index (χ2n) is 7.69. The zero-order valence-corrected chi connectivity index (χ0v) is 17.6. The van der Waals surface area contributed by atoms with Gasteiger partial charge in [0.15, 0.2) is 0 Å². The van der Waals surface area contributed by atoms with Crippen molar-refractivity contribution >= 4 is 28.5 Å². The van der Waals surface area contributed by atoms with Gasteiger partial charge in [0, 0.05) is 17.3 Å². The van der Waals surface area contributed by atoms with E-state index in [2.05, 4.69) is 15.6 Å². The van der Waals surface area contributed by atoms with Crippen molar-refractivity contribution in [2.24, 2.45) is 0 Å². The van der Waals surface area contributed by atoms with Crippen LogP contribution in [0.3, 0.4) is 0 Å². The number of nitrogens with zero attached hydrogens (tertiary/aromatic N) is 1. The molecule has 2 N–H and O–H groups in total. The monoisotopic (exact) mass is 413 g/mol. The van der Waals surface area contributed by atoms with Crippen LogP contribution in [-0.2, 0) is 0 Å². The summed E-state index contributed by atoms with van der Waals surface area (Å²) in [6.07, 6.45) is 0. The van der Waals surface area contributed by atoms with Crippen molar-refractivity contribution in [1.82, 2.24) is 4.98 Å². The molecule has 6 heteroatoms. The Labute approximate surface area is 179 Å². The van der Waals surface area contributed by atoms with Crippen LogP contribution in [0.15, 0.2) is 75.9 Å². The van der Waals surface area contributed by atoms with Gasteiger partial charge in [-0.3, -0.25) is 4.79 Å². The van der Waals surface area contributed by atoms with Gasteiger partial charge in [-0.05, 0) is 61.7 Å². The molecule has 0 bridgehead atoms. The maximum Gasteiger partial charge on any atom is 0.348 e. The molecule has 1 heterocycles. The summed E-state index contributed by atoms with van der Waals surface area (Å²) in [6.45, 7) is 5.65. The molecule has 0 unspecified atom stereocenters. The third-order valence-electron chi connectivity index (χ3n) is 4.85. The zero-order chi connectivity index (χ0) is 22.0. The van der Waals surface area contributed by atoms with Crippen LogP contribution in [0.2, 0.25) is 0 Å². The fourth-order valence-electron chi connectivity index (χ4n) is 3.42. The predicted molar refractivity (Wildman–Crippen MR) is 124 cm³/mol. The standard InChI is InChI=1S/C25H23N3O3/c1-15(2)26-25-28-21-14-20(13-16(3)22(21)24(30)31-25)27-23(29)19-11-9-18(10-12-19)17-7-5-4-6-8-17/h4-15H,1-3H3,(H,26,28)(H,27,29). The van der Waals surface area contributed by atoms with E-state index in [1.807, 2.05) is 56.3 Å². The number of amides is 1. The molecule has 31 heavy (non-hydrogen) atoms. The van der Waals surface area contributed by atoms with E-state index in [4.69, 9.17) is 4.42 Å². The molecule has 1 amide bonds. The zero-order valence-electron chi connectivity index (χ0n) is 17.6. The van der Waals surface area contributed by atoms with Gasteiger partial charge in [0.25, 0.3) is 11.9 Å². The van der Waals surface area contributed by atoms with Crippen molar-refractivity contribution < 1.29 is 9.21 Å². The smallest absolute Gasteiger partial charge is 0.348 e. The number of rotatable bonds is 5. The van der Waals surface area contributed by atoms with Gasteiger partial charge < -0.3 is 15.1 Å². The van der Waals surface area contributed by atoms with E-state index in [-0.39, 0.29) is 18.0 Å². The number of aryl methyl sites for hydroxylation is 1. The molecule has 1 aromatic heterocycles. The third-order valence-corrected chi connectivity index (χ3v) is 4.85. The number of aromatic nitrogens is 1. The molecule has 0 saturated carbocycles. The Bertz CT molecular complexity index is 1290. The van der Waals surface area contributed by atoms with Crippen LogP contribution in [0.25, 0.3) is 22.0 Å².